The third kappa shape index (κ3) is 5.88. The molecule has 1 rings (SSSR count). The maximum absolute atomic E-state index is 12.0. The molecule has 1 amide bonds. The lowest BCUT2D eigenvalue weighted by Gasteiger charge is -2.23. The summed E-state index contributed by atoms with van der Waals surface area (Å²) < 4.78 is 5.23. The van der Waals surface area contributed by atoms with Crippen LogP contribution in [-0.2, 0) is 9.53 Å². The van der Waals surface area contributed by atoms with Crippen LogP contribution in [0.4, 0.5) is 0 Å². The zero-order chi connectivity index (χ0) is 15.8. The zero-order valence-electron chi connectivity index (χ0n) is 14.0. The van der Waals surface area contributed by atoms with Gasteiger partial charge in [-0.25, -0.2) is 0 Å². The summed E-state index contributed by atoms with van der Waals surface area (Å²) in [5.74, 6) is 0.929. The first kappa shape index (κ1) is 17.7. The van der Waals surface area contributed by atoms with Gasteiger partial charge in [-0.15, -0.1) is 0 Å². The second-order valence-corrected chi connectivity index (χ2v) is 6.06. The van der Waals surface area contributed by atoms with Crippen LogP contribution < -0.4 is 5.32 Å². The Morgan fingerprint density at radius 3 is 2.14 bits per heavy atom. The van der Waals surface area contributed by atoms with Gasteiger partial charge in [0.15, 0.2) is 0 Å². The van der Waals surface area contributed by atoms with Crippen LogP contribution in [0.25, 0.3) is 0 Å². The molecule has 0 radical (unpaired) electrons. The lowest BCUT2D eigenvalue weighted by atomic mass is 9.93. The summed E-state index contributed by atoms with van der Waals surface area (Å²) in [4.78, 5) is 12.0. The molecule has 0 aliphatic rings. The van der Waals surface area contributed by atoms with Gasteiger partial charge >= 0.3 is 0 Å². The lowest BCUT2D eigenvalue weighted by Crippen LogP contribution is -2.32. The first-order valence-corrected chi connectivity index (χ1v) is 7.92. The maximum atomic E-state index is 12.0. The second-order valence-electron chi connectivity index (χ2n) is 6.06. The highest BCUT2D eigenvalue weighted by atomic mass is 16.5. The van der Waals surface area contributed by atoms with E-state index in [1.54, 1.807) is 0 Å². The summed E-state index contributed by atoms with van der Waals surface area (Å²) in [6, 6.07) is 8.62. The first-order valence-electron chi connectivity index (χ1n) is 7.92. The fraction of sp³-hybridized carbons (Fsp3) is 0.611. The number of rotatable bonds is 8. The van der Waals surface area contributed by atoms with E-state index in [0.717, 1.165) is 0 Å². The Morgan fingerprint density at radius 1 is 1.10 bits per heavy atom. The average molecular weight is 291 g/mol. The van der Waals surface area contributed by atoms with Gasteiger partial charge in [-0.2, -0.15) is 0 Å². The van der Waals surface area contributed by atoms with E-state index in [-0.39, 0.29) is 11.9 Å². The van der Waals surface area contributed by atoms with Crippen molar-refractivity contribution < 1.29 is 9.53 Å². The van der Waals surface area contributed by atoms with Crippen molar-refractivity contribution >= 4 is 5.91 Å². The molecule has 0 heterocycles. The number of amides is 1. The summed E-state index contributed by atoms with van der Waals surface area (Å²) in [7, 11) is 0. The van der Waals surface area contributed by atoms with E-state index in [0.29, 0.717) is 31.5 Å². The third-order valence-electron chi connectivity index (χ3n) is 3.62. The molecular weight excluding hydrogens is 262 g/mol. The van der Waals surface area contributed by atoms with E-state index in [2.05, 4.69) is 57.3 Å². The molecule has 1 aromatic rings. The predicted octanol–water partition coefficient (Wildman–Crippen LogP) is 4.05. The summed E-state index contributed by atoms with van der Waals surface area (Å²) in [6.45, 7) is 11.7. The molecule has 0 fully saturated rings. The maximum Gasteiger partial charge on any atom is 0.222 e. The van der Waals surface area contributed by atoms with E-state index in [9.17, 15) is 4.79 Å². The van der Waals surface area contributed by atoms with Crippen molar-refractivity contribution in [3.05, 3.63) is 35.4 Å². The molecule has 3 heteroatoms. The van der Waals surface area contributed by atoms with Crippen LogP contribution in [0.3, 0.4) is 0 Å². The van der Waals surface area contributed by atoms with Gasteiger partial charge in [0.25, 0.3) is 0 Å². The number of carbonyl (C=O) groups excluding carboxylic acids is 1. The van der Waals surface area contributed by atoms with Crippen LogP contribution in [0.2, 0.25) is 0 Å². The minimum atomic E-state index is 0.0510. The van der Waals surface area contributed by atoms with E-state index >= 15 is 0 Å². The number of ether oxygens (including phenoxy) is 1. The van der Waals surface area contributed by atoms with Gasteiger partial charge in [-0.3, -0.25) is 4.79 Å². The standard InChI is InChI=1S/C18H29NO2/c1-6-21-12-11-17(20)19-18(14(4)5)16-9-7-15(8-10-16)13(2)3/h7-10,13-14,18H,6,11-12H2,1-5H3,(H,19,20). The summed E-state index contributed by atoms with van der Waals surface area (Å²) in [5.41, 5.74) is 2.49. The van der Waals surface area contributed by atoms with Crippen LogP contribution in [0.1, 0.15) is 64.1 Å². The van der Waals surface area contributed by atoms with Crippen LogP contribution in [-0.4, -0.2) is 19.1 Å². The molecule has 0 aliphatic heterocycles. The molecule has 0 saturated heterocycles. The minimum absolute atomic E-state index is 0.0510. The van der Waals surface area contributed by atoms with Crippen molar-refractivity contribution in [2.75, 3.05) is 13.2 Å². The molecule has 0 aromatic heterocycles. The summed E-state index contributed by atoms with van der Waals surface area (Å²) >= 11 is 0. The predicted molar refractivity (Wildman–Crippen MR) is 87.4 cm³/mol. The zero-order valence-corrected chi connectivity index (χ0v) is 14.0. The first-order chi connectivity index (χ1) is 9.95. The topological polar surface area (TPSA) is 38.3 Å². The molecule has 21 heavy (non-hydrogen) atoms. The highest BCUT2D eigenvalue weighted by Crippen LogP contribution is 2.24. The summed E-state index contributed by atoms with van der Waals surface area (Å²) in [6.07, 6.45) is 0.418. The van der Waals surface area contributed by atoms with Crippen molar-refractivity contribution in [1.82, 2.24) is 5.32 Å². The molecule has 0 bridgehead atoms. The molecule has 1 aromatic carbocycles. The Bertz CT molecular complexity index is 423. The van der Waals surface area contributed by atoms with Crippen LogP contribution in [0.5, 0.6) is 0 Å². The Morgan fingerprint density at radius 2 is 1.67 bits per heavy atom. The Hall–Kier alpha value is -1.35. The van der Waals surface area contributed by atoms with Gasteiger partial charge in [-0.1, -0.05) is 52.0 Å². The van der Waals surface area contributed by atoms with E-state index in [4.69, 9.17) is 4.74 Å². The van der Waals surface area contributed by atoms with Gasteiger partial charge in [0.2, 0.25) is 5.91 Å². The van der Waals surface area contributed by atoms with Gasteiger partial charge in [-0.05, 0) is 29.9 Å². The molecule has 1 atom stereocenters. The minimum Gasteiger partial charge on any atom is -0.381 e. The molecular formula is C18H29NO2. The van der Waals surface area contributed by atoms with Crippen LogP contribution in [0, 0.1) is 5.92 Å². The lowest BCUT2D eigenvalue weighted by molar-refractivity contribution is -0.123. The quantitative estimate of drug-likeness (QED) is 0.734. The largest absolute Gasteiger partial charge is 0.381 e. The number of benzene rings is 1. The van der Waals surface area contributed by atoms with E-state index < -0.39 is 0 Å². The Labute approximate surface area is 129 Å². The van der Waals surface area contributed by atoms with Gasteiger partial charge in [0, 0.05) is 13.0 Å². The molecule has 1 unspecified atom stereocenters. The normalized spacial score (nSPS) is 12.7. The van der Waals surface area contributed by atoms with Crippen molar-refractivity contribution in [3.63, 3.8) is 0 Å². The molecule has 0 spiro atoms. The van der Waals surface area contributed by atoms with Crippen molar-refractivity contribution in [2.45, 2.75) is 53.0 Å². The van der Waals surface area contributed by atoms with Crippen molar-refractivity contribution in [2.24, 2.45) is 5.92 Å². The number of nitrogens with one attached hydrogen (secondary N) is 1. The van der Waals surface area contributed by atoms with Crippen molar-refractivity contribution in [3.8, 4) is 0 Å². The highest BCUT2D eigenvalue weighted by molar-refractivity contribution is 5.76. The Balaban J connectivity index is 2.70. The highest BCUT2D eigenvalue weighted by Gasteiger charge is 2.18. The molecule has 118 valence electrons. The fourth-order valence-electron chi connectivity index (χ4n) is 2.28. The number of hydrogen-bond acceptors (Lipinski definition) is 2. The molecule has 3 nitrogen and oxygen atoms in total. The molecule has 0 saturated carbocycles. The molecule has 1 N–H and O–H groups in total. The van der Waals surface area contributed by atoms with E-state index in [1.165, 1.54) is 11.1 Å². The Kier molecular flexibility index (Phi) is 7.44. The van der Waals surface area contributed by atoms with E-state index in [1.807, 2.05) is 6.92 Å². The van der Waals surface area contributed by atoms with Crippen molar-refractivity contribution in [1.29, 1.82) is 0 Å². The van der Waals surface area contributed by atoms with Gasteiger partial charge < -0.3 is 10.1 Å². The van der Waals surface area contributed by atoms with Crippen LogP contribution in [0.15, 0.2) is 24.3 Å². The number of carbonyl (C=O) groups is 1. The fourth-order valence-corrected chi connectivity index (χ4v) is 2.28. The second kappa shape index (κ2) is 8.83. The number of hydrogen-bond donors (Lipinski definition) is 1. The molecule has 0 aliphatic carbocycles. The summed E-state index contributed by atoms with van der Waals surface area (Å²) in [5, 5.41) is 3.12. The smallest absolute Gasteiger partial charge is 0.222 e. The van der Waals surface area contributed by atoms with Gasteiger partial charge in [0.1, 0.15) is 0 Å². The van der Waals surface area contributed by atoms with Gasteiger partial charge in [0.05, 0.1) is 12.6 Å². The average Bonchev–Trinajstić information content (AvgIpc) is 2.45. The monoisotopic (exact) mass is 291 g/mol. The van der Waals surface area contributed by atoms with Crippen LogP contribution >= 0.6 is 0 Å². The SMILES string of the molecule is CCOCCC(=O)NC(c1ccc(C(C)C)cc1)C(C)C. The third-order valence-corrected chi connectivity index (χ3v) is 3.62.